The average molecular weight is 357 g/mol. The summed E-state index contributed by atoms with van der Waals surface area (Å²) in [6.45, 7) is 7.51. The molecule has 0 unspecified atom stereocenters. The molecule has 0 fully saturated rings. The highest BCUT2D eigenvalue weighted by Crippen LogP contribution is 2.21. The number of hydrogen-bond acceptors (Lipinski definition) is 3. The fraction of sp³-hybridized carbons (Fsp3) is 0.300. The molecule has 5 nitrogen and oxygen atoms in total. The van der Waals surface area contributed by atoms with Gasteiger partial charge in [0.15, 0.2) is 0 Å². The van der Waals surface area contributed by atoms with E-state index in [1.54, 1.807) is 13.0 Å². The van der Waals surface area contributed by atoms with E-state index >= 15 is 0 Å². The minimum absolute atomic E-state index is 0.00232. The van der Waals surface area contributed by atoms with Crippen LogP contribution in [0.5, 0.6) is 0 Å². The lowest BCUT2D eigenvalue weighted by Gasteiger charge is -2.13. The van der Waals surface area contributed by atoms with Crippen LogP contribution in [0.2, 0.25) is 0 Å². The molecule has 0 aliphatic carbocycles. The van der Waals surface area contributed by atoms with Gasteiger partial charge in [0.1, 0.15) is 5.82 Å². The van der Waals surface area contributed by atoms with Crippen LogP contribution in [-0.2, 0) is 9.59 Å². The predicted molar refractivity (Wildman–Crippen MR) is 102 cm³/mol. The SMILES string of the molecule is Cc1cc(C)c(NC(=O)CNC(=O)CNc2ccc(F)cc2C)c(C)c1. The largest absolute Gasteiger partial charge is 0.376 e. The summed E-state index contributed by atoms with van der Waals surface area (Å²) in [5, 5.41) is 8.33. The van der Waals surface area contributed by atoms with E-state index in [0.717, 1.165) is 22.4 Å². The first kappa shape index (κ1) is 19.4. The second-order valence-electron chi connectivity index (χ2n) is 6.41. The number of anilines is 2. The van der Waals surface area contributed by atoms with E-state index in [-0.39, 0.29) is 30.7 Å². The van der Waals surface area contributed by atoms with Crippen molar-refractivity contribution in [3.8, 4) is 0 Å². The summed E-state index contributed by atoms with van der Waals surface area (Å²) >= 11 is 0. The number of rotatable bonds is 6. The minimum Gasteiger partial charge on any atom is -0.376 e. The summed E-state index contributed by atoms with van der Waals surface area (Å²) < 4.78 is 13.1. The topological polar surface area (TPSA) is 70.2 Å². The predicted octanol–water partition coefficient (Wildman–Crippen LogP) is 3.23. The summed E-state index contributed by atoms with van der Waals surface area (Å²) in [5.41, 5.74) is 5.26. The van der Waals surface area contributed by atoms with Gasteiger partial charge in [-0.1, -0.05) is 17.7 Å². The van der Waals surface area contributed by atoms with E-state index in [0.29, 0.717) is 11.3 Å². The van der Waals surface area contributed by atoms with E-state index in [9.17, 15) is 14.0 Å². The van der Waals surface area contributed by atoms with Crippen LogP contribution in [0.4, 0.5) is 15.8 Å². The zero-order valence-corrected chi connectivity index (χ0v) is 15.5. The Bertz CT molecular complexity index is 811. The third-order valence-corrected chi connectivity index (χ3v) is 4.02. The van der Waals surface area contributed by atoms with Crippen molar-refractivity contribution in [3.63, 3.8) is 0 Å². The monoisotopic (exact) mass is 357 g/mol. The molecule has 0 aliphatic heterocycles. The van der Waals surface area contributed by atoms with Gasteiger partial charge < -0.3 is 16.0 Å². The van der Waals surface area contributed by atoms with Crippen molar-refractivity contribution in [2.24, 2.45) is 0 Å². The van der Waals surface area contributed by atoms with Crippen LogP contribution in [-0.4, -0.2) is 24.9 Å². The summed E-state index contributed by atoms with van der Waals surface area (Å²) in [6, 6.07) is 8.28. The molecule has 3 N–H and O–H groups in total. The van der Waals surface area contributed by atoms with Gasteiger partial charge in [-0.15, -0.1) is 0 Å². The maximum atomic E-state index is 13.1. The molecule has 138 valence electrons. The van der Waals surface area contributed by atoms with Gasteiger partial charge in [-0.05, 0) is 62.6 Å². The first-order chi connectivity index (χ1) is 12.3. The van der Waals surface area contributed by atoms with E-state index in [4.69, 9.17) is 0 Å². The Morgan fingerprint density at radius 3 is 2.15 bits per heavy atom. The third-order valence-electron chi connectivity index (χ3n) is 4.02. The number of benzene rings is 2. The van der Waals surface area contributed by atoms with E-state index < -0.39 is 0 Å². The highest BCUT2D eigenvalue weighted by atomic mass is 19.1. The summed E-state index contributed by atoms with van der Waals surface area (Å²) in [6.07, 6.45) is 0. The van der Waals surface area contributed by atoms with E-state index in [1.807, 2.05) is 32.9 Å². The van der Waals surface area contributed by atoms with Crippen LogP contribution < -0.4 is 16.0 Å². The fourth-order valence-electron chi connectivity index (χ4n) is 2.80. The van der Waals surface area contributed by atoms with Crippen LogP contribution in [0.15, 0.2) is 30.3 Å². The summed E-state index contributed by atoms with van der Waals surface area (Å²) in [7, 11) is 0. The number of aryl methyl sites for hydroxylation is 4. The first-order valence-electron chi connectivity index (χ1n) is 8.40. The zero-order valence-electron chi connectivity index (χ0n) is 15.5. The van der Waals surface area contributed by atoms with E-state index in [1.165, 1.54) is 12.1 Å². The highest BCUT2D eigenvalue weighted by Gasteiger charge is 2.10. The number of carbonyl (C=O) groups excluding carboxylic acids is 2. The molecule has 0 saturated carbocycles. The standard InChI is InChI=1S/C20H24FN3O2/c1-12-7-14(3)20(15(4)8-12)24-19(26)11-23-18(25)10-22-17-6-5-16(21)9-13(17)2/h5-9,22H,10-11H2,1-4H3,(H,23,25)(H,24,26). The lowest BCUT2D eigenvalue weighted by Crippen LogP contribution is -2.36. The fourth-order valence-corrected chi connectivity index (χ4v) is 2.80. The van der Waals surface area contributed by atoms with Gasteiger partial charge in [0, 0.05) is 11.4 Å². The summed E-state index contributed by atoms with van der Waals surface area (Å²) in [4.78, 5) is 24.0. The van der Waals surface area contributed by atoms with Crippen molar-refractivity contribution in [1.29, 1.82) is 0 Å². The molecule has 0 radical (unpaired) electrons. The minimum atomic E-state index is -0.323. The Labute approximate surface area is 153 Å². The van der Waals surface area contributed by atoms with Gasteiger partial charge in [-0.25, -0.2) is 4.39 Å². The molecule has 2 aromatic carbocycles. The molecule has 0 spiro atoms. The Morgan fingerprint density at radius 2 is 1.54 bits per heavy atom. The molecule has 0 aliphatic rings. The maximum Gasteiger partial charge on any atom is 0.243 e. The molecule has 2 aromatic rings. The van der Waals surface area contributed by atoms with Crippen molar-refractivity contribution in [3.05, 3.63) is 58.4 Å². The Morgan fingerprint density at radius 1 is 0.885 bits per heavy atom. The average Bonchev–Trinajstić information content (AvgIpc) is 2.55. The summed E-state index contributed by atoms with van der Waals surface area (Å²) in [5.74, 6) is -0.927. The van der Waals surface area contributed by atoms with Crippen molar-refractivity contribution in [2.75, 3.05) is 23.7 Å². The van der Waals surface area contributed by atoms with Gasteiger partial charge in [-0.3, -0.25) is 9.59 Å². The number of carbonyl (C=O) groups is 2. The van der Waals surface area contributed by atoms with Crippen LogP contribution >= 0.6 is 0 Å². The molecule has 2 rings (SSSR count). The van der Waals surface area contributed by atoms with Crippen molar-refractivity contribution < 1.29 is 14.0 Å². The molecule has 0 atom stereocenters. The molecule has 26 heavy (non-hydrogen) atoms. The van der Waals surface area contributed by atoms with Gasteiger partial charge in [0.2, 0.25) is 11.8 Å². The molecule has 2 amide bonds. The molecule has 6 heteroatoms. The van der Waals surface area contributed by atoms with Crippen LogP contribution in [0.3, 0.4) is 0 Å². The third kappa shape index (κ3) is 5.31. The smallest absolute Gasteiger partial charge is 0.243 e. The highest BCUT2D eigenvalue weighted by molar-refractivity contribution is 5.96. The van der Waals surface area contributed by atoms with Crippen molar-refractivity contribution >= 4 is 23.2 Å². The Kier molecular flexibility index (Phi) is 6.33. The van der Waals surface area contributed by atoms with Gasteiger partial charge >= 0.3 is 0 Å². The lowest BCUT2D eigenvalue weighted by atomic mass is 10.1. The normalized spacial score (nSPS) is 10.3. The Balaban J connectivity index is 1.83. The quantitative estimate of drug-likeness (QED) is 0.743. The van der Waals surface area contributed by atoms with Crippen molar-refractivity contribution in [2.45, 2.75) is 27.7 Å². The number of halogens is 1. The number of amides is 2. The molecular weight excluding hydrogens is 333 g/mol. The van der Waals surface area contributed by atoms with E-state index in [2.05, 4.69) is 16.0 Å². The van der Waals surface area contributed by atoms with Gasteiger partial charge in [0.05, 0.1) is 13.1 Å². The van der Waals surface area contributed by atoms with Crippen LogP contribution in [0.25, 0.3) is 0 Å². The molecule has 0 bridgehead atoms. The molecule has 0 saturated heterocycles. The second kappa shape index (κ2) is 8.47. The van der Waals surface area contributed by atoms with Gasteiger partial charge in [-0.2, -0.15) is 0 Å². The van der Waals surface area contributed by atoms with Crippen molar-refractivity contribution in [1.82, 2.24) is 5.32 Å². The van der Waals surface area contributed by atoms with Crippen LogP contribution in [0, 0.1) is 33.5 Å². The zero-order chi connectivity index (χ0) is 19.3. The maximum absolute atomic E-state index is 13.1. The number of nitrogens with one attached hydrogen (secondary N) is 3. The Hall–Kier alpha value is -2.89. The molecular formula is C20H24FN3O2. The first-order valence-corrected chi connectivity index (χ1v) is 8.40. The second-order valence-corrected chi connectivity index (χ2v) is 6.41. The molecule has 0 aromatic heterocycles. The number of hydrogen-bond donors (Lipinski definition) is 3. The van der Waals surface area contributed by atoms with Gasteiger partial charge in [0.25, 0.3) is 0 Å². The van der Waals surface area contributed by atoms with Crippen LogP contribution in [0.1, 0.15) is 22.3 Å². The molecule has 0 heterocycles. The lowest BCUT2D eigenvalue weighted by molar-refractivity contribution is -0.122.